The van der Waals surface area contributed by atoms with Gasteiger partial charge in [0.1, 0.15) is 23.1 Å². The van der Waals surface area contributed by atoms with E-state index >= 15 is 0 Å². The number of nitrogen functional groups attached to an aromatic ring is 2. The summed E-state index contributed by atoms with van der Waals surface area (Å²) >= 11 is 0. The number of benzene rings is 2. The van der Waals surface area contributed by atoms with Crippen LogP contribution in [0.3, 0.4) is 0 Å². The van der Waals surface area contributed by atoms with Crippen molar-refractivity contribution in [2.45, 2.75) is 88.9 Å². The molecule has 4 rings (SSSR count). The van der Waals surface area contributed by atoms with E-state index < -0.39 is 11.6 Å². The molecule has 0 amide bonds. The van der Waals surface area contributed by atoms with Crippen molar-refractivity contribution in [1.29, 1.82) is 0 Å². The molecule has 0 unspecified atom stereocenters. The van der Waals surface area contributed by atoms with Gasteiger partial charge in [0.2, 0.25) is 0 Å². The lowest BCUT2D eigenvalue weighted by Crippen LogP contribution is -2.25. The highest BCUT2D eigenvalue weighted by atomic mass is 19.1. The van der Waals surface area contributed by atoms with E-state index in [4.69, 9.17) is 11.5 Å². The number of phenolic OH excluding ortho intramolecular Hbond substituents is 2. The SMILES string of the molecule is CC1(c2cc(F)c(N)cc2O)CCCCC1.CC1(c2cc(F)c(N)cc2O)CCCCC1. The van der Waals surface area contributed by atoms with Gasteiger partial charge in [0.15, 0.2) is 0 Å². The maximum absolute atomic E-state index is 13.4. The van der Waals surface area contributed by atoms with Gasteiger partial charge in [0, 0.05) is 23.3 Å². The van der Waals surface area contributed by atoms with Crippen molar-refractivity contribution in [3.05, 3.63) is 47.0 Å². The van der Waals surface area contributed by atoms with Gasteiger partial charge in [-0.1, -0.05) is 52.4 Å². The normalized spacial score (nSPS) is 19.6. The Morgan fingerprint density at radius 3 is 1.25 bits per heavy atom. The molecule has 2 aliphatic rings. The summed E-state index contributed by atoms with van der Waals surface area (Å²) in [7, 11) is 0. The molecule has 32 heavy (non-hydrogen) atoms. The number of hydrogen-bond donors (Lipinski definition) is 4. The molecule has 0 radical (unpaired) electrons. The molecule has 0 bridgehead atoms. The Morgan fingerprint density at radius 2 is 0.938 bits per heavy atom. The molecule has 0 spiro atoms. The van der Waals surface area contributed by atoms with Gasteiger partial charge in [-0.3, -0.25) is 0 Å². The van der Waals surface area contributed by atoms with Crippen LogP contribution in [0, 0.1) is 11.6 Å². The van der Waals surface area contributed by atoms with Gasteiger partial charge < -0.3 is 21.7 Å². The Kier molecular flexibility index (Phi) is 7.21. The summed E-state index contributed by atoms with van der Waals surface area (Å²) in [4.78, 5) is 0. The molecule has 6 heteroatoms. The Bertz CT molecular complexity index is 872. The van der Waals surface area contributed by atoms with E-state index in [1.165, 1.54) is 37.1 Å². The topological polar surface area (TPSA) is 92.5 Å². The first-order valence-electron chi connectivity index (χ1n) is 11.6. The summed E-state index contributed by atoms with van der Waals surface area (Å²) in [5, 5.41) is 19.8. The molecule has 4 nitrogen and oxygen atoms in total. The molecule has 6 N–H and O–H groups in total. The van der Waals surface area contributed by atoms with Gasteiger partial charge in [-0.2, -0.15) is 0 Å². The second-order valence-corrected chi connectivity index (χ2v) is 10.0. The zero-order valence-electron chi connectivity index (χ0n) is 19.2. The molecule has 0 atom stereocenters. The van der Waals surface area contributed by atoms with Crippen molar-refractivity contribution in [1.82, 2.24) is 0 Å². The molecular weight excluding hydrogens is 410 g/mol. The highest BCUT2D eigenvalue weighted by Crippen LogP contribution is 2.44. The monoisotopic (exact) mass is 446 g/mol. The third-order valence-corrected chi connectivity index (χ3v) is 7.44. The molecule has 2 saturated carbocycles. The van der Waals surface area contributed by atoms with Gasteiger partial charge >= 0.3 is 0 Å². The maximum Gasteiger partial charge on any atom is 0.146 e. The van der Waals surface area contributed by atoms with Crippen LogP contribution >= 0.6 is 0 Å². The Morgan fingerprint density at radius 1 is 0.625 bits per heavy atom. The number of hydrogen-bond acceptors (Lipinski definition) is 4. The molecule has 0 saturated heterocycles. The van der Waals surface area contributed by atoms with Crippen molar-refractivity contribution in [2.24, 2.45) is 0 Å². The van der Waals surface area contributed by atoms with E-state index in [2.05, 4.69) is 13.8 Å². The molecule has 2 fully saturated rings. The van der Waals surface area contributed by atoms with Gasteiger partial charge in [-0.05, 0) is 48.6 Å². The molecule has 176 valence electrons. The Balaban J connectivity index is 0.000000181. The van der Waals surface area contributed by atoms with Crippen molar-refractivity contribution in [3.8, 4) is 11.5 Å². The van der Waals surface area contributed by atoms with Crippen LogP contribution in [-0.4, -0.2) is 10.2 Å². The van der Waals surface area contributed by atoms with Gasteiger partial charge in [0.05, 0.1) is 11.4 Å². The largest absolute Gasteiger partial charge is 0.508 e. The van der Waals surface area contributed by atoms with Crippen molar-refractivity contribution < 1.29 is 19.0 Å². The first-order valence-corrected chi connectivity index (χ1v) is 11.6. The predicted octanol–water partition coefficient (Wildman–Crippen LogP) is 6.67. The minimum absolute atomic E-state index is 0.0145. The van der Waals surface area contributed by atoms with Crippen molar-refractivity contribution in [2.75, 3.05) is 11.5 Å². The summed E-state index contributed by atoms with van der Waals surface area (Å²) in [5.74, 6) is -0.606. The average Bonchev–Trinajstić information content (AvgIpc) is 2.74. The van der Waals surface area contributed by atoms with Crippen LogP contribution < -0.4 is 11.5 Å². The maximum atomic E-state index is 13.4. The summed E-state index contributed by atoms with van der Waals surface area (Å²) < 4.78 is 26.9. The van der Waals surface area contributed by atoms with Gasteiger partial charge in [-0.15, -0.1) is 0 Å². The first kappa shape index (κ1) is 24.1. The lowest BCUT2D eigenvalue weighted by molar-refractivity contribution is 0.307. The molecule has 0 aliphatic heterocycles. The highest BCUT2D eigenvalue weighted by molar-refractivity contribution is 5.52. The minimum atomic E-state index is -0.431. The first-order chi connectivity index (χ1) is 15.1. The van der Waals surface area contributed by atoms with E-state index in [1.54, 1.807) is 0 Å². The van der Waals surface area contributed by atoms with Crippen LogP contribution in [-0.2, 0) is 10.8 Å². The van der Waals surface area contributed by atoms with E-state index in [-0.39, 0.29) is 33.7 Å². The number of aromatic hydroxyl groups is 2. The van der Waals surface area contributed by atoms with Crippen molar-refractivity contribution in [3.63, 3.8) is 0 Å². The van der Waals surface area contributed by atoms with E-state index in [0.717, 1.165) is 51.4 Å². The lowest BCUT2D eigenvalue weighted by atomic mass is 9.70. The van der Waals surface area contributed by atoms with Crippen LogP contribution in [0.5, 0.6) is 11.5 Å². The standard InChI is InChI=1S/2C13H18FNO/c2*1-13(5-3-2-4-6-13)9-7-10(14)11(15)8-12(9)16/h2*7-8,16H,2-6,15H2,1H3. The van der Waals surface area contributed by atoms with Crippen molar-refractivity contribution >= 4 is 11.4 Å². The fraction of sp³-hybridized carbons (Fsp3) is 0.538. The fourth-order valence-electron chi connectivity index (χ4n) is 5.33. The zero-order chi connectivity index (χ0) is 23.5. The second-order valence-electron chi connectivity index (χ2n) is 10.0. The average molecular weight is 447 g/mol. The third kappa shape index (κ3) is 5.11. The quantitative estimate of drug-likeness (QED) is 0.388. The summed E-state index contributed by atoms with van der Waals surface area (Å²) in [5.41, 5.74) is 12.1. The van der Waals surface area contributed by atoms with Crippen LogP contribution in [0.1, 0.15) is 89.2 Å². The molecular formula is C26H36F2N2O2. The van der Waals surface area contributed by atoms with Crippen LogP contribution in [0.2, 0.25) is 0 Å². The fourth-order valence-corrected chi connectivity index (χ4v) is 5.33. The lowest BCUT2D eigenvalue weighted by Gasteiger charge is -2.34. The third-order valence-electron chi connectivity index (χ3n) is 7.44. The Hall–Kier alpha value is -2.50. The minimum Gasteiger partial charge on any atom is -0.508 e. The predicted molar refractivity (Wildman–Crippen MR) is 126 cm³/mol. The smallest absolute Gasteiger partial charge is 0.146 e. The number of anilines is 2. The Labute approximate surface area is 189 Å². The molecule has 2 aromatic carbocycles. The zero-order valence-corrected chi connectivity index (χ0v) is 19.2. The molecule has 0 heterocycles. The summed E-state index contributed by atoms with van der Waals surface area (Å²) in [6.07, 6.45) is 11.0. The second kappa shape index (κ2) is 9.55. The van der Waals surface area contributed by atoms with E-state index in [1.807, 2.05) is 0 Å². The number of nitrogens with two attached hydrogens (primary N) is 2. The molecule has 2 aliphatic carbocycles. The van der Waals surface area contributed by atoms with E-state index in [0.29, 0.717) is 11.1 Å². The molecule has 2 aromatic rings. The summed E-state index contributed by atoms with van der Waals surface area (Å²) in [6.45, 7) is 4.19. The van der Waals surface area contributed by atoms with Crippen LogP contribution in [0.4, 0.5) is 20.2 Å². The number of halogens is 2. The van der Waals surface area contributed by atoms with Crippen LogP contribution in [0.15, 0.2) is 24.3 Å². The molecule has 0 aromatic heterocycles. The number of phenols is 2. The summed E-state index contributed by atoms with van der Waals surface area (Å²) in [6, 6.07) is 5.45. The van der Waals surface area contributed by atoms with Crippen LogP contribution in [0.25, 0.3) is 0 Å². The van der Waals surface area contributed by atoms with Gasteiger partial charge in [-0.25, -0.2) is 8.78 Å². The van der Waals surface area contributed by atoms with Gasteiger partial charge in [0.25, 0.3) is 0 Å². The number of rotatable bonds is 2. The highest BCUT2D eigenvalue weighted by Gasteiger charge is 2.32. The van der Waals surface area contributed by atoms with E-state index in [9.17, 15) is 19.0 Å².